The van der Waals surface area contributed by atoms with Crippen LogP contribution in [0.4, 0.5) is 0 Å². The molecule has 1 saturated carbocycles. The van der Waals surface area contributed by atoms with Crippen molar-refractivity contribution in [2.75, 3.05) is 0 Å². The van der Waals surface area contributed by atoms with E-state index in [9.17, 15) is 4.79 Å². The lowest BCUT2D eigenvalue weighted by Crippen LogP contribution is -2.49. The van der Waals surface area contributed by atoms with Crippen LogP contribution in [0.5, 0.6) is 0 Å². The lowest BCUT2D eigenvalue weighted by molar-refractivity contribution is -0.123. The summed E-state index contributed by atoms with van der Waals surface area (Å²) in [6.45, 7) is 1.97. The van der Waals surface area contributed by atoms with E-state index < -0.39 is 0 Å². The Bertz CT molecular complexity index is 282. The second kappa shape index (κ2) is 6.20. The van der Waals surface area contributed by atoms with Gasteiger partial charge in [-0.05, 0) is 39.0 Å². The average molecular weight is 236 g/mol. The third kappa shape index (κ3) is 3.84. The second-order valence-electron chi connectivity index (χ2n) is 5.36. The number of rotatable bonds is 4. The summed E-state index contributed by atoms with van der Waals surface area (Å²) in [5.74, 6) is 0.173. The number of hydrogen-bond donors (Lipinski definition) is 2. The van der Waals surface area contributed by atoms with Gasteiger partial charge in [0, 0.05) is 12.1 Å². The Kier molecular flexibility index (Phi) is 4.60. The van der Waals surface area contributed by atoms with Crippen LogP contribution in [0.1, 0.15) is 51.9 Å². The van der Waals surface area contributed by atoms with E-state index in [1.54, 1.807) is 0 Å². The van der Waals surface area contributed by atoms with E-state index >= 15 is 0 Å². The van der Waals surface area contributed by atoms with Crippen LogP contribution >= 0.6 is 0 Å². The predicted molar refractivity (Wildman–Crippen MR) is 69.8 cm³/mol. The standard InChI is InChI=1S/C14H24N2O/c1-11(15-12-7-3-2-4-8-12)14(17)16-13-9-5-6-10-13/h2-3,11-13,15H,4-10H2,1H3,(H,16,17). The highest BCUT2D eigenvalue weighted by Gasteiger charge is 2.22. The fraction of sp³-hybridized carbons (Fsp3) is 0.786. The maximum Gasteiger partial charge on any atom is 0.237 e. The maximum absolute atomic E-state index is 12.0. The molecule has 1 amide bonds. The summed E-state index contributed by atoms with van der Waals surface area (Å²) in [4.78, 5) is 12.0. The molecular weight excluding hydrogens is 212 g/mol. The van der Waals surface area contributed by atoms with Gasteiger partial charge in [-0.1, -0.05) is 25.0 Å². The lowest BCUT2D eigenvalue weighted by Gasteiger charge is -2.24. The van der Waals surface area contributed by atoms with Crippen molar-refractivity contribution in [2.45, 2.75) is 70.0 Å². The Morgan fingerprint density at radius 2 is 1.94 bits per heavy atom. The second-order valence-corrected chi connectivity index (χ2v) is 5.36. The number of carbonyl (C=O) groups excluding carboxylic acids is 1. The van der Waals surface area contributed by atoms with Crippen LogP contribution in [-0.4, -0.2) is 24.0 Å². The van der Waals surface area contributed by atoms with E-state index in [0.717, 1.165) is 32.1 Å². The molecule has 0 aromatic carbocycles. The largest absolute Gasteiger partial charge is 0.352 e. The van der Waals surface area contributed by atoms with Gasteiger partial charge in [0.05, 0.1) is 6.04 Å². The topological polar surface area (TPSA) is 41.1 Å². The molecule has 2 unspecified atom stereocenters. The molecule has 2 N–H and O–H groups in total. The summed E-state index contributed by atoms with van der Waals surface area (Å²) >= 11 is 0. The third-order valence-electron chi connectivity index (χ3n) is 3.85. The molecule has 17 heavy (non-hydrogen) atoms. The molecule has 3 nitrogen and oxygen atoms in total. The van der Waals surface area contributed by atoms with Crippen molar-refractivity contribution in [1.82, 2.24) is 10.6 Å². The average Bonchev–Trinajstić information content (AvgIpc) is 2.83. The van der Waals surface area contributed by atoms with Crippen LogP contribution in [0.25, 0.3) is 0 Å². The van der Waals surface area contributed by atoms with E-state index in [1.807, 2.05) is 6.92 Å². The molecule has 0 bridgehead atoms. The van der Waals surface area contributed by atoms with Crippen molar-refractivity contribution in [3.63, 3.8) is 0 Å². The quantitative estimate of drug-likeness (QED) is 0.734. The summed E-state index contributed by atoms with van der Waals surface area (Å²) in [6, 6.07) is 0.842. The first kappa shape index (κ1) is 12.6. The Labute approximate surface area is 104 Å². The van der Waals surface area contributed by atoms with Crippen molar-refractivity contribution in [3.05, 3.63) is 12.2 Å². The lowest BCUT2D eigenvalue weighted by atomic mass is 10.0. The number of amides is 1. The minimum absolute atomic E-state index is 0.0629. The van der Waals surface area contributed by atoms with E-state index in [0.29, 0.717) is 12.1 Å². The highest BCUT2D eigenvalue weighted by Crippen LogP contribution is 2.17. The molecule has 0 aromatic rings. The van der Waals surface area contributed by atoms with Gasteiger partial charge in [-0.2, -0.15) is 0 Å². The van der Waals surface area contributed by atoms with Gasteiger partial charge >= 0.3 is 0 Å². The van der Waals surface area contributed by atoms with E-state index in [1.165, 1.54) is 12.8 Å². The van der Waals surface area contributed by atoms with Gasteiger partial charge in [0.2, 0.25) is 5.91 Å². The Balaban J connectivity index is 1.72. The van der Waals surface area contributed by atoms with Gasteiger partial charge in [-0.3, -0.25) is 4.79 Å². The fourth-order valence-electron chi connectivity index (χ4n) is 2.77. The molecule has 1 fully saturated rings. The van der Waals surface area contributed by atoms with Gasteiger partial charge in [-0.25, -0.2) is 0 Å². The van der Waals surface area contributed by atoms with Crippen molar-refractivity contribution in [2.24, 2.45) is 0 Å². The zero-order valence-electron chi connectivity index (χ0n) is 10.7. The molecule has 2 rings (SSSR count). The Hall–Kier alpha value is -0.830. The SMILES string of the molecule is CC(NC1CC=CCC1)C(=O)NC1CCCC1. The molecule has 0 spiro atoms. The van der Waals surface area contributed by atoms with Gasteiger partial charge in [-0.15, -0.1) is 0 Å². The minimum Gasteiger partial charge on any atom is -0.352 e. The molecular formula is C14H24N2O. The van der Waals surface area contributed by atoms with Crippen LogP contribution in [0.15, 0.2) is 12.2 Å². The summed E-state index contributed by atoms with van der Waals surface area (Å²) in [6.07, 6.45) is 12.6. The first-order valence-corrected chi connectivity index (χ1v) is 6.97. The number of nitrogens with one attached hydrogen (secondary N) is 2. The highest BCUT2D eigenvalue weighted by atomic mass is 16.2. The summed E-state index contributed by atoms with van der Waals surface area (Å²) in [5, 5.41) is 6.58. The fourth-order valence-corrected chi connectivity index (χ4v) is 2.77. The molecule has 2 aliphatic carbocycles. The molecule has 2 atom stereocenters. The molecule has 3 heteroatoms. The predicted octanol–water partition coefficient (Wildman–Crippen LogP) is 2.13. The van der Waals surface area contributed by atoms with Gasteiger partial charge < -0.3 is 10.6 Å². The number of hydrogen-bond acceptors (Lipinski definition) is 2. The van der Waals surface area contributed by atoms with E-state index in [2.05, 4.69) is 22.8 Å². The number of allylic oxidation sites excluding steroid dienone is 1. The zero-order chi connectivity index (χ0) is 12.1. The molecule has 0 radical (unpaired) electrons. The summed E-state index contributed by atoms with van der Waals surface area (Å²) < 4.78 is 0. The van der Waals surface area contributed by atoms with Gasteiger partial charge in [0.25, 0.3) is 0 Å². The maximum atomic E-state index is 12.0. The molecule has 0 saturated heterocycles. The van der Waals surface area contributed by atoms with Crippen molar-refractivity contribution in [3.8, 4) is 0 Å². The third-order valence-corrected chi connectivity index (χ3v) is 3.85. The normalized spacial score (nSPS) is 27.0. The van der Waals surface area contributed by atoms with Crippen LogP contribution in [0.2, 0.25) is 0 Å². The van der Waals surface area contributed by atoms with Crippen LogP contribution in [0, 0.1) is 0 Å². The first-order chi connectivity index (χ1) is 8.25. The summed E-state index contributed by atoms with van der Waals surface area (Å²) in [5.41, 5.74) is 0. The van der Waals surface area contributed by atoms with Crippen LogP contribution < -0.4 is 10.6 Å². The Morgan fingerprint density at radius 3 is 2.59 bits per heavy atom. The van der Waals surface area contributed by atoms with E-state index in [4.69, 9.17) is 0 Å². The zero-order valence-corrected chi connectivity index (χ0v) is 10.7. The minimum atomic E-state index is -0.0629. The van der Waals surface area contributed by atoms with Gasteiger partial charge in [0.15, 0.2) is 0 Å². The molecule has 96 valence electrons. The van der Waals surface area contributed by atoms with Crippen LogP contribution in [-0.2, 0) is 4.79 Å². The van der Waals surface area contributed by atoms with Crippen LogP contribution in [0.3, 0.4) is 0 Å². The molecule has 0 aliphatic heterocycles. The summed E-state index contributed by atoms with van der Waals surface area (Å²) in [7, 11) is 0. The highest BCUT2D eigenvalue weighted by molar-refractivity contribution is 5.81. The molecule has 0 heterocycles. The molecule has 2 aliphatic rings. The van der Waals surface area contributed by atoms with Crippen molar-refractivity contribution >= 4 is 5.91 Å². The monoisotopic (exact) mass is 236 g/mol. The molecule has 0 aromatic heterocycles. The van der Waals surface area contributed by atoms with Crippen molar-refractivity contribution in [1.29, 1.82) is 0 Å². The number of carbonyl (C=O) groups is 1. The Morgan fingerprint density at radius 1 is 1.18 bits per heavy atom. The van der Waals surface area contributed by atoms with E-state index in [-0.39, 0.29) is 11.9 Å². The smallest absolute Gasteiger partial charge is 0.237 e. The van der Waals surface area contributed by atoms with Crippen molar-refractivity contribution < 1.29 is 4.79 Å². The van der Waals surface area contributed by atoms with Gasteiger partial charge in [0.1, 0.15) is 0 Å². The first-order valence-electron chi connectivity index (χ1n) is 6.97.